The van der Waals surface area contributed by atoms with Crippen molar-refractivity contribution in [2.75, 3.05) is 11.1 Å². The highest BCUT2D eigenvalue weighted by Gasteiger charge is 2.13. The van der Waals surface area contributed by atoms with Crippen molar-refractivity contribution in [2.45, 2.75) is 39.5 Å². The first-order valence-corrected chi connectivity index (χ1v) is 7.84. The largest absolute Gasteiger partial charge is 0.397 e. The summed E-state index contributed by atoms with van der Waals surface area (Å²) in [4.78, 5) is 16.3. The molecule has 0 unspecified atom stereocenters. The first-order chi connectivity index (χ1) is 10.4. The van der Waals surface area contributed by atoms with Gasteiger partial charge in [-0.1, -0.05) is 34.9 Å². The van der Waals surface area contributed by atoms with Crippen molar-refractivity contribution in [3.8, 4) is 0 Å². The highest BCUT2D eigenvalue weighted by Crippen LogP contribution is 2.27. The number of nitrogens with two attached hydrogens (primary N) is 1. The molecule has 0 radical (unpaired) electrons. The zero-order valence-corrected chi connectivity index (χ0v) is 15.6. The maximum Gasteiger partial charge on any atom is 0.227 e. The van der Waals surface area contributed by atoms with E-state index in [9.17, 15) is 4.79 Å². The molecule has 0 saturated heterocycles. The molecular formula is C15H20BrClN4O2. The Morgan fingerprint density at radius 3 is 2.74 bits per heavy atom. The first-order valence-electron chi connectivity index (χ1n) is 7.04. The van der Waals surface area contributed by atoms with E-state index in [0.717, 1.165) is 10.0 Å². The van der Waals surface area contributed by atoms with Crippen molar-refractivity contribution < 1.29 is 9.32 Å². The van der Waals surface area contributed by atoms with Gasteiger partial charge in [-0.25, -0.2) is 0 Å². The molecule has 0 aliphatic heterocycles. The number of anilines is 2. The molecule has 2 rings (SSSR count). The normalized spacial score (nSPS) is 10.5. The fourth-order valence-electron chi connectivity index (χ4n) is 1.89. The van der Waals surface area contributed by atoms with E-state index in [1.165, 1.54) is 0 Å². The number of halogens is 2. The Labute approximate surface area is 149 Å². The molecule has 1 aromatic heterocycles. The predicted octanol–water partition coefficient (Wildman–Crippen LogP) is 3.84. The van der Waals surface area contributed by atoms with Gasteiger partial charge in [0, 0.05) is 23.2 Å². The summed E-state index contributed by atoms with van der Waals surface area (Å²) >= 11 is 3.39. The van der Waals surface area contributed by atoms with Crippen LogP contribution >= 0.6 is 28.3 Å². The van der Waals surface area contributed by atoms with Crippen LogP contribution in [0, 0.1) is 6.92 Å². The molecule has 0 saturated carbocycles. The number of aromatic nitrogens is 2. The average molecular weight is 404 g/mol. The number of hydrogen-bond donors (Lipinski definition) is 2. The van der Waals surface area contributed by atoms with Crippen LogP contribution in [0.2, 0.25) is 0 Å². The number of nitrogens with zero attached hydrogens (tertiary/aromatic N) is 2. The molecule has 23 heavy (non-hydrogen) atoms. The fraction of sp³-hybridized carbons (Fsp3) is 0.400. The lowest BCUT2D eigenvalue weighted by Crippen LogP contribution is -2.14. The van der Waals surface area contributed by atoms with Crippen molar-refractivity contribution in [3.05, 3.63) is 33.9 Å². The summed E-state index contributed by atoms with van der Waals surface area (Å²) in [5.74, 6) is 1.18. The molecule has 0 spiro atoms. The monoisotopic (exact) mass is 402 g/mol. The summed E-state index contributed by atoms with van der Waals surface area (Å²) in [5.41, 5.74) is 8.04. The van der Waals surface area contributed by atoms with Gasteiger partial charge in [0.05, 0.1) is 11.4 Å². The van der Waals surface area contributed by atoms with Crippen LogP contribution in [-0.4, -0.2) is 16.0 Å². The number of carbonyl (C=O) groups excluding carboxylic acids is 1. The highest BCUT2D eigenvalue weighted by molar-refractivity contribution is 9.10. The maximum absolute atomic E-state index is 12.0. The minimum atomic E-state index is -0.145. The summed E-state index contributed by atoms with van der Waals surface area (Å²) in [6.07, 6.45) is 0.656. The van der Waals surface area contributed by atoms with Gasteiger partial charge in [0.15, 0.2) is 5.82 Å². The van der Waals surface area contributed by atoms with E-state index in [1.807, 2.05) is 26.8 Å². The molecule has 1 aromatic carbocycles. The Morgan fingerprint density at radius 2 is 2.13 bits per heavy atom. The van der Waals surface area contributed by atoms with Gasteiger partial charge in [-0.15, -0.1) is 12.4 Å². The maximum atomic E-state index is 12.0. The lowest BCUT2D eigenvalue weighted by atomic mass is 10.1. The molecular weight excluding hydrogens is 384 g/mol. The van der Waals surface area contributed by atoms with E-state index < -0.39 is 0 Å². The van der Waals surface area contributed by atoms with E-state index in [2.05, 4.69) is 31.4 Å². The van der Waals surface area contributed by atoms with Gasteiger partial charge in [-0.2, -0.15) is 4.98 Å². The molecule has 0 atom stereocenters. The molecule has 3 N–H and O–H groups in total. The molecule has 0 aliphatic carbocycles. The topological polar surface area (TPSA) is 94.0 Å². The zero-order valence-electron chi connectivity index (χ0n) is 13.2. The molecule has 1 heterocycles. The van der Waals surface area contributed by atoms with Gasteiger partial charge in [0.2, 0.25) is 11.8 Å². The van der Waals surface area contributed by atoms with Crippen LogP contribution in [0.3, 0.4) is 0 Å². The Morgan fingerprint density at radius 1 is 1.43 bits per heavy atom. The van der Waals surface area contributed by atoms with Gasteiger partial charge in [-0.3, -0.25) is 4.79 Å². The zero-order chi connectivity index (χ0) is 16.3. The van der Waals surface area contributed by atoms with Gasteiger partial charge in [-0.05, 0) is 24.6 Å². The Hall–Kier alpha value is -1.60. The summed E-state index contributed by atoms with van der Waals surface area (Å²) < 4.78 is 5.98. The van der Waals surface area contributed by atoms with Gasteiger partial charge < -0.3 is 15.6 Å². The second-order valence-corrected chi connectivity index (χ2v) is 6.35. The Kier molecular flexibility index (Phi) is 7.02. The summed E-state index contributed by atoms with van der Waals surface area (Å²) in [6.45, 7) is 5.86. The Bertz CT molecular complexity index is 688. The van der Waals surface area contributed by atoms with Crippen LogP contribution in [0.15, 0.2) is 21.1 Å². The third kappa shape index (κ3) is 5.21. The minimum absolute atomic E-state index is 0. The van der Waals surface area contributed by atoms with Gasteiger partial charge in [0.1, 0.15) is 0 Å². The third-order valence-corrected chi connectivity index (χ3v) is 3.65. The van der Waals surface area contributed by atoms with Crippen LogP contribution in [0.25, 0.3) is 0 Å². The molecule has 2 aromatic rings. The smallest absolute Gasteiger partial charge is 0.227 e. The number of benzene rings is 1. The Balaban J connectivity index is 0.00000264. The van der Waals surface area contributed by atoms with Gasteiger partial charge >= 0.3 is 0 Å². The van der Waals surface area contributed by atoms with Crippen LogP contribution in [0.5, 0.6) is 0 Å². The summed E-state index contributed by atoms with van der Waals surface area (Å²) in [5, 5.41) is 6.68. The van der Waals surface area contributed by atoms with Crippen molar-refractivity contribution in [1.29, 1.82) is 0 Å². The quantitative estimate of drug-likeness (QED) is 0.740. The van der Waals surface area contributed by atoms with Crippen LogP contribution in [0.1, 0.15) is 43.5 Å². The summed E-state index contributed by atoms with van der Waals surface area (Å²) in [6, 6.07) is 3.68. The fourth-order valence-corrected chi connectivity index (χ4v) is 2.47. The molecule has 1 amide bonds. The lowest BCUT2D eigenvalue weighted by molar-refractivity contribution is -0.116. The third-order valence-electron chi connectivity index (χ3n) is 3.19. The molecule has 126 valence electrons. The lowest BCUT2D eigenvalue weighted by Gasteiger charge is -2.10. The van der Waals surface area contributed by atoms with Crippen LogP contribution < -0.4 is 11.1 Å². The van der Waals surface area contributed by atoms with E-state index in [0.29, 0.717) is 29.5 Å². The number of rotatable bonds is 5. The molecule has 0 bridgehead atoms. The van der Waals surface area contributed by atoms with E-state index >= 15 is 0 Å². The number of hydrogen-bond acceptors (Lipinski definition) is 5. The van der Waals surface area contributed by atoms with Crippen LogP contribution in [0.4, 0.5) is 11.4 Å². The number of carbonyl (C=O) groups is 1. The van der Waals surface area contributed by atoms with E-state index in [-0.39, 0.29) is 30.7 Å². The predicted molar refractivity (Wildman–Crippen MR) is 95.9 cm³/mol. The van der Waals surface area contributed by atoms with Crippen molar-refractivity contribution in [3.63, 3.8) is 0 Å². The van der Waals surface area contributed by atoms with E-state index in [4.69, 9.17) is 10.3 Å². The number of aryl methyl sites for hydroxylation is 2. The molecule has 6 nitrogen and oxygen atoms in total. The van der Waals surface area contributed by atoms with Gasteiger partial charge in [0.25, 0.3) is 0 Å². The van der Waals surface area contributed by atoms with Crippen molar-refractivity contribution in [1.82, 2.24) is 10.1 Å². The number of nitrogens with one attached hydrogen (secondary N) is 1. The second-order valence-electron chi connectivity index (χ2n) is 5.43. The molecule has 0 fully saturated rings. The first kappa shape index (κ1) is 19.4. The average Bonchev–Trinajstić information content (AvgIpc) is 2.91. The number of amides is 1. The SMILES string of the molecule is Cc1cc(Br)cc(NC(=O)CCc2nc(C(C)C)no2)c1N.Cl. The van der Waals surface area contributed by atoms with Crippen molar-refractivity contribution >= 4 is 45.6 Å². The number of nitrogen functional groups attached to an aromatic ring is 1. The summed E-state index contributed by atoms with van der Waals surface area (Å²) in [7, 11) is 0. The highest BCUT2D eigenvalue weighted by atomic mass is 79.9. The molecule has 8 heteroatoms. The van der Waals surface area contributed by atoms with Crippen molar-refractivity contribution in [2.24, 2.45) is 0 Å². The van der Waals surface area contributed by atoms with Crippen LogP contribution in [-0.2, 0) is 11.2 Å². The van der Waals surface area contributed by atoms with E-state index in [1.54, 1.807) is 6.07 Å². The molecule has 0 aliphatic rings. The second kappa shape index (κ2) is 8.31. The standard InChI is InChI=1S/C15H19BrN4O2.ClH/c1-8(2)15-19-13(22-20-15)5-4-12(21)18-11-7-10(16)6-9(3)14(11)17;/h6-8H,4-5,17H2,1-3H3,(H,18,21);1H. The minimum Gasteiger partial charge on any atom is -0.397 e.